The molecule has 0 radical (unpaired) electrons. The van der Waals surface area contributed by atoms with Crippen LogP contribution in [0.1, 0.15) is 5.82 Å². The van der Waals surface area contributed by atoms with Crippen LogP contribution < -0.4 is 0 Å². The van der Waals surface area contributed by atoms with Crippen molar-refractivity contribution in [3.8, 4) is 11.8 Å². The van der Waals surface area contributed by atoms with Gasteiger partial charge >= 0.3 is 5.97 Å². The number of carboxylic acid groups (broad SMARTS) is 1. The van der Waals surface area contributed by atoms with Crippen LogP contribution in [0.4, 0.5) is 0 Å². The van der Waals surface area contributed by atoms with Crippen LogP contribution in [-0.4, -0.2) is 31.3 Å². The first-order chi connectivity index (χ1) is 10.1. The Bertz CT molecular complexity index is 756. The number of hydrogen-bond acceptors (Lipinski definition) is 5. The second-order valence-electron chi connectivity index (χ2n) is 3.77. The number of nitriles is 1. The van der Waals surface area contributed by atoms with Crippen molar-refractivity contribution in [2.45, 2.75) is 0 Å². The molecule has 1 aromatic carbocycles. The van der Waals surface area contributed by atoms with Crippen molar-refractivity contribution in [3.63, 3.8) is 0 Å². The van der Waals surface area contributed by atoms with E-state index >= 15 is 0 Å². The van der Waals surface area contributed by atoms with Gasteiger partial charge in [-0.05, 0) is 41.6 Å². The van der Waals surface area contributed by atoms with Crippen molar-refractivity contribution in [3.05, 3.63) is 52.8 Å². The zero-order valence-corrected chi connectivity index (χ0v) is 11.3. The number of hydrogen-bond donors (Lipinski definition) is 1. The smallest absolute Gasteiger partial charge is 0.346 e. The lowest BCUT2D eigenvalue weighted by molar-refractivity contribution is -0.132. The summed E-state index contributed by atoms with van der Waals surface area (Å²) in [5, 5.41) is 29.6. The van der Waals surface area contributed by atoms with E-state index in [4.69, 9.17) is 22.0 Å². The van der Waals surface area contributed by atoms with Crippen LogP contribution in [0.25, 0.3) is 11.8 Å². The number of rotatable bonds is 4. The van der Waals surface area contributed by atoms with Crippen molar-refractivity contribution >= 4 is 23.6 Å². The highest BCUT2D eigenvalue weighted by atomic mass is 35.5. The number of carbonyl (C=O) groups is 1. The molecule has 21 heavy (non-hydrogen) atoms. The van der Waals surface area contributed by atoms with Gasteiger partial charge in [-0.2, -0.15) is 5.26 Å². The van der Waals surface area contributed by atoms with E-state index in [2.05, 4.69) is 15.4 Å². The fourth-order valence-corrected chi connectivity index (χ4v) is 1.49. The number of benzene rings is 1. The van der Waals surface area contributed by atoms with Crippen LogP contribution in [0.3, 0.4) is 0 Å². The van der Waals surface area contributed by atoms with Gasteiger partial charge in [-0.15, -0.1) is 15.0 Å². The molecule has 0 atom stereocenters. The van der Waals surface area contributed by atoms with Gasteiger partial charge in [0.15, 0.2) is 5.82 Å². The monoisotopic (exact) mass is 301 g/mol. The molecule has 0 saturated carbocycles. The quantitative estimate of drug-likeness (QED) is 0.525. The lowest BCUT2D eigenvalue weighted by atomic mass is 10.2. The van der Waals surface area contributed by atoms with Crippen molar-refractivity contribution in [2.75, 3.05) is 0 Å². The Morgan fingerprint density at radius 3 is 2.71 bits per heavy atom. The maximum Gasteiger partial charge on any atom is 0.346 e. The van der Waals surface area contributed by atoms with Crippen molar-refractivity contribution in [2.24, 2.45) is 0 Å². The fraction of sp³-hybridized carbons (Fsp3) is 0. The summed E-state index contributed by atoms with van der Waals surface area (Å²) in [4.78, 5) is 11.9. The van der Waals surface area contributed by atoms with Gasteiger partial charge in [0, 0.05) is 5.02 Å². The Morgan fingerprint density at radius 1 is 1.38 bits per heavy atom. The molecule has 0 bridgehead atoms. The molecule has 0 amide bonds. The molecule has 8 heteroatoms. The average Bonchev–Trinajstić information content (AvgIpc) is 2.93. The van der Waals surface area contributed by atoms with E-state index < -0.39 is 5.97 Å². The third-order valence-electron chi connectivity index (χ3n) is 2.35. The molecule has 2 rings (SSSR count). The summed E-state index contributed by atoms with van der Waals surface area (Å²) in [6, 6.07) is 8.42. The van der Waals surface area contributed by atoms with E-state index in [0.29, 0.717) is 10.7 Å². The van der Waals surface area contributed by atoms with Crippen molar-refractivity contribution in [1.29, 1.82) is 5.26 Å². The van der Waals surface area contributed by atoms with E-state index in [9.17, 15) is 4.79 Å². The highest BCUT2D eigenvalue weighted by molar-refractivity contribution is 6.30. The van der Waals surface area contributed by atoms with Crippen LogP contribution >= 0.6 is 11.6 Å². The minimum absolute atomic E-state index is 0.281. The fourth-order valence-electron chi connectivity index (χ4n) is 1.36. The molecular formula is C13H8ClN5O2. The Hall–Kier alpha value is -2.98. The zero-order valence-electron chi connectivity index (χ0n) is 10.5. The second kappa shape index (κ2) is 6.45. The van der Waals surface area contributed by atoms with Crippen molar-refractivity contribution in [1.82, 2.24) is 20.2 Å². The molecule has 0 unspecified atom stereocenters. The molecule has 0 aliphatic carbocycles. The summed E-state index contributed by atoms with van der Waals surface area (Å²) in [6.45, 7) is 0. The summed E-state index contributed by atoms with van der Waals surface area (Å²) in [5.74, 6) is -1.01. The molecule has 0 aliphatic rings. The Kier molecular flexibility index (Phi) is 4.43. The predicted molar refractivity (Wildman–Crippen MR) is 74.5 cm³/mol. The highest BCUT2D eigenvalue weighted by Gasteiger charge is 2.04. The van der Waals surface area contributed by atoms with Crippen LogP contribution in [0.15, 0.2) is 42.0 Å². The van der Waals surface area contributed by atoms with E-state index in [1.54, 1.807) is 30.3 Å². The van der Waals surface area contributed by atoms with Gasteiger partial charge in [-0.3, -0.25) is 0 Å². The van der Waals surface area contributed by atoms with Crippen LogP contribution in [-0.2, 0) is 4.79 Å². The Morgan fingerprint density at radius 2 is 2.10 bits per heavy atom. The summed E-state index contributed by atoms with van der Waals surface area (Å²) in [7, 11) is 0. The van der Waals surface area contributed by atoms with Crippen LogP contribution in [0.2, 0.25) is 5.02 Å². The van der Waals surface area contributed by atoms with Gasteiger partial charge in [0.1, 0.15) is 11.6 Å². The number of aromatic nitrogens is 4. The maximum absolute atomic E-state index is 10.6. The SMILES string of the molecule is N#C/C(=C/C=C/c1nnn(-c2ccc(Cl)cc2)n1)C(=O)O. The number of carboxylic acids is 1. The van der Waals surface area contributed by atoms with Gasteiger partial charge in [0.25, 0.3) is 0 Å². The standard InChI is InChI=1S/C13H8ClN5O2/c14-10-4-6-11(7-5-10)19-17-12(16-18-19)3-1-2-9(8-15)13(20)21/h1-7H,(H,20,21)/b3-1+,9-2-. The van der Waals surface area contributed by atoms with E-state index in [1.165, 1.54) is 16.9 Å². The minimum atomic E-state index is -1.29. The first-order valence-electron chi connectivity index (χ1n) is 5.68. The molecule has 104 valence electrons. The van der Waals surface area contributed by atoms with Gasteiger partial charge in [-0.1, -0.05) is 17.7 Å². The molecule has 1 aromatic heterocycles. The normalized spacial score (nSPS) is 11.5. The average molecular weight is 302 g/mol. The third kappa shape index (κ3) is 3.75. The summed E-state index contributed by atoms with van der Waals surface area (Å²) < 4.78 is 0. The van der Waals surface area contributed by atoms with Gasteiger partial charge in [-0.25, -0.2) is 4.79 Å². The molecule has 0 aliphatic heterocycles. The molecule has 1 N–H and O–H groups in total. The highest BCUT2D eigenvalue weighted by Crippen LogP contribution is 2.11. The lowest BCUT2D eigenvalue weighted by Crippen LogP contribution is -1.98. The number of allylic oxidation sites excluding steroid dienone is 2. The predicted octanol–water partition coefficient (Wildman–Crippen LogP) is 1.86. The minimum Gasteiger partial charge on any atom is -0.477 e. The first kappa shape index (κ1) is 14.4. The number of aliphatic carboxylic acids is 1. The summed E-state index contributed by atoms with van der Waals surface area (Å²) in [6.07, 6.45) is 3.97. The molecule has 1 heterocycles. The molecule has 7 nitrogen and oxygen atoms in total. The number of tetrazole rings is 1. The van der Waals surface area contributed by atoms with Gasteiger partial charge in [0.05, 0.1) is 5.69 Å². The largest absolute Gasteiger partial charge is 0.477 e. The summed E-state index contributed by atoms with van der Waals surface area (Å²) >= 11 is 5.78. The molecule has 0 fully saturated rings. The van der Waals surface area contributed by atoms with E-state index in [0.717, 1.165) is 6.08 Å². The van der Waals surface area contributed by atoms with Gasteiger partial charge in [0.2, 0.25) is 0 Å². The van der Waals surface area contributed by atoms with Crippen molar-refractivity contribution < 1.29 is 9.90 Å². The maximum atomic E-state index is 10.6. The topological polar surface area (TPSA) is 105 Å². The summed E-state index contributed by atoms with van der Waals surface area (Å²) in [5.41, 5.74) is 0.307. The molecular weight excluding hydrogens is 294 g/mol. The first-order valence-corrected chi connectivity index (χ1v) is 6.05. The van der Waals surface area contributed by atoms with E-state index in [-0.39, 0.29) is 11.4 Å². The molecule has 0 spiro atoms. The number of halogens is 1. The molecule has 2 aromatic rings. The number of nitrogens with zero attached hydrogens (tertiary/aromatic N) is 5. The van der Waals surface area contributed by atoms with E-state index in [1.807, 2.05) is 0 Å². The second-order valence-corrected chi connectivity index (χ2v) is 4.21. The Balaban J connectivity index is 2.16. The van der Waals surface area contributed by atoms with Crippen LogP contribution in [0.5, 0.6) is 0 Å². The van der Waals surface area contributed by atoms with Gasteiger partial charge < -0.3 is 5.11 Å². The molecule has 0 saturated heterocycles. The third-order valence-corrected chi connectivity index (χ3v) is 2.60. The Labute approximate surface area is 124 Å². The lowest BCUT2D eigenvalue weighted by Gasteiger charge is -1.96. The van der Waals surface area contributed by atoms with Crippen LogP contribution in [0, 0.1) is 11.3 Å². The zero-order chi connectivity index (χ0) is 15.2.